The Labute approximate surface area is 165 Å². The minimum absolute atomic E-state index is 0.0487. The van der Waals surface area contributed by atoms with Crippen LogP contribution in [0.5, 0.6) is 0 Å². The molecule has 0 aliphatic rings. The highest BCUT2D eigenvalue weighted by molar-refractivity contribution is 5.71. The molecule has 28 heavy (non-hydrogen) atoms. The van der Waals surface area contributed by atoms with Crippen LogP contribution in [0.25, 0.3) is 0 Å². The largest absolute Gasteiger partial charge is 0.436 e. The molecule has 0 aliphatic carbocycles. The van der Waals surface area contributed by atoms with Crippen LogP contribution in [0.4, 0.5) is 22.0 Å². The third-order valence-corrected chi connectivity index (χ3v) is 5.57. The van der Waals surface area contributed by atoms with E-state index >= 15 is 0 Å². The zero-order valence-corrected chi connectivity index (χ0v) is 18.6. The fraction of sp³-hybridized carbons (Fsp3) is 0.950. The summed E-state index contributed by atoms with van der Waals surface area (Å²) in [5, 5.41) is 0. The summed E-state index contributed by atoms with van der Waals surface area (Å²) in [5.74, 6) is -5.67. The zero-order chi connectivity index (χ0) is 22.9. The second-order valence-electron chi connectivity index (χ2n) is 9.56. The van der Waals surface area contributed by atoms with Gasteiger partial charge < -0.3 is 9.47 Å². The molecule has 0 N–H and O–H groups in total. The Kier molecular flexibility index (Phi) is 8.17. The highest BCUT2D eigenvalue weighted by Gasteiger charge is 2.69. The maximum absolute atomic E-state index is 15.0. The number of hydrogen-bond acceptors (Lipinski definition) is 3. The zero-order valence-electron chi connectivity index (χ0n) is 18.6. The summed E-state index contributed by atoms with van der Waals surface area (Å²) in [6.07, 6.45) is -5.92. The second-order valence-corrected chi connectivity index (χ2v) is 9.56. The molecular formula is C20H35F5O3. The average Bonchev–Trinajstić information content (AvgIpc) is 2.43. The fourth-order valence-corrected chi connectivity index (χ4v) is 3.11. The summed E-state index contributed by atoms with van der Waals surface area (Å²) in [5.41, 5.74) is -6.15. The molecule has 2 unspecified atom stereocenters. The minimum atomic E-state index is -5.06. The molecule has 2 atom stereocenters. The van der Waals surface area contributed by atoms with Gasteiger partial charge in [0.05, 0.1) is 11.5 Å². The van der Waals surface area contributed by atoms with Gasteiger partial charge in [-0.25, -0.2) is 8.78 Å². The summed E-state index contributed by atoms with van der Waals surface area (Å²) in [6, 6.07) is 0. The molecule has 8 heteroatoms. The third kappa shape index (κ3) is 5.80. The molecule has 0 aromatic heterocycles. The van der Waals surface area contributed by atoms with E-state index < -0.39 is 46.7 Å². The lowest BCUT2D eigenvalue weighted by Crippen LogP contribution is -2.58. The Morgan fingerprint density at radius 2 is 1.29 bits per heavy atom. The molecule has 0 saturated heterocycles. The van der Waals surface area contributed by atoms with Crippen molar-refractivity contribution in [3.8, 4) is 0 Å². The van der Waals surface area contributed by atoms with Gasteiger partial charge in [-0.3, -0.25) is 4.79 Å². The number of carbonyl (C=O) groups is 1. The Bertz CT molecular complexity index is 536. The van der Waals surface area contributed by atoms with Crippen LogP contribution in [0, 0.1) is 22.7 Å². The first kappa shape index (κ1) is 27.1. The first-order valence-electron chi connectivity index (χ1n) is 9.43. The molecule has 0 saturated carbocycles. The van der Waals surface area contributed by atoms with Gasteiger partial charge in [0.15, 0.2) is 0 Å². The van der Waals surface area contributed by atoms with Gasteiger partial charge >= 0.3 is 12.1 Å². The second kappa shape index (κ2) is 8.44. The number of carbonyl (C=O) groups excluding carboxylic acids is 1. The number of ether oxygens (including phenoxy) is 2. The van der Waals surface area contributed by atoms with Crippen molar-refractivity contribution in [3.05, 3.63) is 0 Å². The van der Waals surface area contributed by atoms with E-state index in [9.17, 15) is 26.7 Å². The van der Waals surface area contributed by atoms with Crippen molar-refractivity contribution in [1.29, 1.82) is 0 Å². The van der Waals surface area contributed by atoms with Crippen molar-refractivity contribution in [2.24, 2.45) is 22.7 Å². The lowest BCUT2D eigenvalue weighted by atomic mass is 9.63. The lowest BCUT2D eigenvalue weighted by molar-refractivity contribution is -0.321. The summed E-state index contributed by atoms with van der Waals surface area (Å²) in [7, 11) is 0. The fourth-order valence-electron chi connectivity index (χ4n) is 3.11. The van der Waals surface area contributed by atoms with Crippen molar-refractivity contribution in [1.82, 2.24) is 0 Å². The first-order chi connectivity index (χ1) is 12.1. The molecule has 3 nitrogen and oxygen atoms in total. The van der Waals surface area contributed by atoms with Gasteiger partial charge in [-0.1, -0.05) is 34.6 Å². The summed E-state index contributed by atoms with van der Waals surface area (Å²) < 4.78 is 80.6. The average molecular weight is 418 g/mol. The van der Waals surface area contributed by atoms with Crippen molar-refractivity contribution in [2.75, 3.05) is 0 Å². The van der Waals surface area contributed by atoms with E-state index in [-0.39, 0.29) is 12.3 Å². The molecule has 168 valence electrons. The van der Waals surface area contributed by atoms with Gasteiger partial charge in [-0.15, -0.1) is 0 Å². The van der Waals surface area contributed by atoms with Crippen LogP contribution in [-0.4, -0.2) is 30.0 Å². The van der Waals surface area contributed by atoms with Crippen LogP contribution in [0.15, 0.2) is 0 Å². The number of esters is 1. The Morgan fingerprint density at radius 1 is 0.857 bits per heavy atom. The number of alkyl halides is 5. The molecule has 0 aromatic rings. The van der Waals surface area contributed by atoms with Gasteiger partial charge in [-0.2, -0.15) is 13.2 Å². The van der Waals surface area contributed by atoms with Crippen LogP contribution in [0.1, 0.15) is 75.7 Å². The number of hydrogen-bond donors (Lipinski definition) is 0. The normalized spacial score (nSPS) is 16.9. The van der Waals surface area contributed by atoms with Crippen molar-refractivity contribution < 1.29 is 36.2 Å². The molecule has 0 aromatic carbocycles. The van der Waals surface area contributed by atoms with E-state index in [0.717, 1.165) is 13.8 Å². The van der Waals surface area contributed by atoms with Gasteiger partial charge in [0.25, 0.3) is 5.92 Å². The summed E-state index contributed by atoms with van der Waals surface area (Å²) >= 11 is 0. The molecule has 0 fully saturated rings. The Morgan fingerprint density at radius 3 is 1.64 bits per heavy atom. The SMILES string of the molecule is CC(OC(=O)C(C)C)OC(C)(C)CC(C)C(C)(C)C(F)(F)C(C)(C)C(F)(F)F. The number of halogens is 5. The van der Waals surface area contributed by atoms with E-state index in [4.69, 9.17) is 9.47 Å². The molecular weight excluding hydrogens is 383 g/mol. The van der Waals surface area contributed by atoms with E-state index in [0.29, 0.717) is 13.8 Å². The van der Waals surface area contributed by atoms with Crippen LogP contribution in [0.3, 0.4) is 0 Å². The monoisotopic (exact) mass is 418 g/mol. The lowest BCUT2D eigenvalue weighted by Gasteiger charge is -2.49. The van der Waals surface area contributed by atoms with Gasteiger partial charge in [0, 0.05) is 5.41 Å². The van der Waals surface area contributed by atoms with Crippen LogP contribution >= 0.6 is 0 Å². The summed E-state index contributed by atoms with van der Waals surface area (Å²) in [6.45, 7) is 12.9. The molecule has 0 spiro atoms. The van der Waals surface area contributed by atoms with Crippen LogP contribution in [0.2, 0.25) is 0 Å². The third-order valence-electron chi connectivity index (χ3n) is 5.57. The Balaban J connectivity index is 5.39. The van der Waals surface area contributed by atoms with Gasteiger partial charge in [0.1, 0.15) is 5.41 Å². The van der Waals surface area contributed by atoms with Crippen LogP contribution in [-0.2, 0) is 14.3 Å². The topological polar surface area (TPSA) is 35.5 Å². The maximum atomic E-state index is 15.0. The van der Waals surface area contributed by atoms with E-state index in [1.807, 2.05) is 0 Å². The smallest absolute Gasteiger partial charge is 0.399 e. The van der Waals surface area contributed by atoms with Crippen molar-refractivity contribution in [3.63, 3.8) is 0 Å². The standard InChI is InChI=1S/C20H35F5O3/c1-12(2)15(26)27-14(4)28-16(5,6)11-13(3)17(7,8)19(21,22)18(9,10)20(23,24)25/h12-14H,11H2,1-10H3. The van der Waals surface area contributed by atoms with Crippen molar-refractivity contribution in [2.45, 2.75) is 99.6 Å². The minimum Gasteiger partial charge on any atom is -0.436 e. The molecule has 0 amide bonds. The van der Waals surface area contributed by atoms with E-state index in [2.05, 4.69) is 0 Å². The number of rotatable bonds is 9. The Hall–Kier alpha value is -0.920. The first-order valence-corrected chi connectivity index (χ1v) is 9.43. The van der Waals surface area contributed by atoms with E-state index in [1.165, 1.54) is 13.8 Å². The van der Waals surface area contributed by atoms with Gasteiger partial charge in [-0.05, 0) is 47.0 Å². The summed E-state index contributed by atoms with van der Waals surface area (Å²) in [4.78, 5) is 11.6. The quantitative estimate of drug-likeness (QED) is 0.240. The maximum Gasteiger partial charge on any atom is 0.399 e. The molecule has 0 bridgehead atoms. The molecule has 0 radical (unpaired) electrons. The highest BCUT2D eigenvalue weighted by Crippen LogP contribution is 2.59. The molecule has 0 aliphatic heterocycles. The molecule has 0 heterocycles. The highest BCUT2D eigenvalue weighted by atomic mass is 19.4. The van der Waals surface area contributed by atoms with Crippen molar-refractivity contribution >= 4 is 5.97 Å². The predicted molar refractivity (Wildman–Crippen MR) is 97.9 cm³/mol. The van der Waals surface area contributed by atoms with Gasteiger partial charge in [0.2, 0.25) is 6.29 Å². The predicted octanol–water partition coefficient (Wildman–Crippen LogP) is 6.60. The van der Waals surface area contributed by atoms with E-state index in [1.54, 1.807) is 27.7 Å². The van der Waals surface area contributed by atoms with Crippen LogP contribution < -0.4 is 0 Å². The molecule has 0 rings (SSSR count).